The number of hydrogen-bond donors (Lipinski definition) is 1. The molecular formula is C14H19N. The van der Waals surface area contributed by atoms with Crippen LogP contribution >= 0.6 is 0 Å². The van der Waals surface area contributed by atoms with Gasteiger partial charge < -0.3 is 5.32 Å². The summed E-state index contributed by atoms with van der Waals surface area (Å²) in [6.45, 7) is 2.16. The fourth-order valence-electron chi connectivity index (χ4n) is 3.58. The third-order valence-electron chi connectivity index (χ3n) is 4.52. The van der Waals surface area contributed by atoms with E-state index in [0.29, 0.717) is 11.5 Å². The minimum Gasteiger partial charge on any atom is -0.316 e. The molecule has 0 spiro atoms. The maximum Gasteiger partial charge on any atom is 0.0164 e. The number of benzene rings is 1. The van der Waals surface area contributed by atoms with Crippen LogP contribution in [0.1, 0.15) is 30.4 Å². The summed E-state index contributed by atoms with van der Waals surface area (Å²) in [5, 5.41) is 3.51. The molecule has 1 N–H and O–H groups in total. The van der Waals surface area contributed by atoms with E-state index in [1.54, 1.807) is 5.56 Å². The van der Waals surface area contributed by atoms with Gasteiger partial charge in [-0.15, -0.1) is 0 Å². The zero-order valence-electron chi connectivity index (χ0n) is 9.59. The molecule has 80 valence electrons. The van der Waals surface area contributed by atoms with E-state index in [-0.39, 0.29) is 0 Å². The molecule has 0 saturated heterocycles. The van der Waals surface area contributed by atoms with Gasteiger partial charge in [0.2, 0.25) is 0 Å². The first-order chi connectivity index (χ1) is 7.27. The Kier molecular flexibility index (Phi) is 1.93. The number of rotatable bonds is 2. The zero-order valence-corrected chi connectivity index (χ0v) is 9.59. The van der Waals surface area contributed by atoms with E-state index >= 15 is 0 Å². The molecule has 1 aromatic carbocycles. The van der Waals surface area contributed by atoms with Crippen molar-refractivity contribution < 1.29 is 0 Å². The average Bonchev–Trinajstić information content (AvgIpc) is 2.88. The molecule has 1 heteroatoms. The van der Waals surface area contributed by atoms with Crippen molar-refractivity contribution in [3.05, 3.63) is 35.4 Å². The van der Waals surface area contributed by atoms with Crippen molar-refractivity contribution in [3.8, 4) is 0 Å². The molecule has 0 radical (unpaired) electrons. The molecule has 0 heterocycles. The van der Waals surface area contributed by atoms with E-state index < -0.39 is 0 Å². The van der Waals surface area contributed by atoms with Crippen LogP contribution in [0.5, 0.6) is 0 Å². The SMILES string of the molecule is CNC1CCC2CC21c1ccc(C)cc1. The van der Waals surface area contributed by atoms with Crippen LogP contribution in [-0.2, 0) is 5.41 Å². The van der Waals surface area contributed by atoms with Crippen LogP contribution in [0.25, 0.3) is 0 Å². The van der Waals surface area contributed by atoms with Crippen LogP contribution in [0.2, 0.25) is 0 Å². The molecule has 3 atom stereocenters. The van der Waals surface area contributed by atoms with Gasteiger partial charge in [0.25, 0.3) is 0 Å². The number of likely N-dealkylation sites (N-methyl/N-ethyl adjacent to an activating group) is 1. The molecule has 2 aliphatic rings. The Balaban J connectivity index is 1.97. The number of aryl methyl sites for hydroxylation is 1. The lowest BCUT2D eigenvalue weighted by Crippen LogP contribution is -2.35. The van der Waals surface area contributed by atoms with E-state index in [1.165, 1.54) is 24.8 Å². The fraction of sp³-hybridized carbons (Fsp3) is 0.571. The van der Waals surface area contributed by atoms with Crippen molar-refractivity contribution in [2.75, 3.05) is 7.05 Å². The second kappa shape index (κ2) is 3.08. The molecule has 2 fully saturated rings. The maximum atomic E-state index is 3.51. The fourth-order valence-corrected chi connectivity index (χ4v) is 3.58. The standard InChI is InChI=1S/C14H19N/c1-10-3-5-11(6-4-10)14-9-12(14)7-8-13(14)15-2/h3-6,12-13,15H,7-9H2,1-2H3. The molecule has 3 unspecified atom stereocenters. The quantitative estimate of drug-likeness (QED) is 0.775. The largest absolute Gasteiger partial charge is 0.316 e. The Morgan fingerprint density at radius 2 is 1.93 bits per heavy atom. The Labute approximate surface area is 91.9 Å². The molecule has 0 amide bonds. The highest BCUT2D eigenvalue weighted by atomic mass is 14.9. The van der Waals surface area contributed by atoms with Gasteiger partial charge in [-0.3, -0.25) is 0 Å². The van der Waals surface area contributed by atoms with Crippen LogP contribution in [0.3, 0.4) is 0 Å². The first-order valence-electron chi connectivity index (χ1n) is 6.02. The first-order valence-corrected chi connectivity index (χ1v) is 6.02. The minimum absolute atomic E-state index is 0.502. The normalized spacial score (nSPS) is 37.7. The third kappa shape index (κ3) is 1.19. The van der Waals surface area contributed by atoms with Gasteiger partial charge in [0.05, 0.1) is 0 Å². The van der Waals surface area contributed by atoms with Crippen LogP contribution < -0.4 is 5.32 Å². The van der Waals surface area contributed by atoms with Gasteiger partial charge >= 0.3 is 0 Å². The molecule has 2 aliphatic carbocycles. The van der Waals surface area contributed by atoms with E-state index in [2.05, 4.69) is 43.6 Å². The lowest BCUT2D eigenvalue weighted by molar-refractivity contribution is 0.466. The molecule has 15 heavy (non-hydrogen) atoms. The first kappa shape index (κ1) is 9.41. The monoisotopic (exact) mass is 201 g/mol. The van der Waals surface area contributed by atoms with E-state index in [9.17, 15) is 0 Å². The molecule has 3 rings (SSSR count). The number of hydrogen-bond acceptors (Lipinski definition) is 1. The predicted octanol–water partition coefficient (Wildman–Crippen LogP) is 2.63. The van der Waals surface area contributed by atoms with Crippen molar-refractivity contribution in [2.24, 2.45) is 5.92 Å². The molecule has 0 bridgehead atoms. The van der Waals surface area contributed by atoms with E-state index in [1.807, 2.05) is 0 Å². The summed E-state index contributed by atoms with van der Waals surface area (Å²) < 4.78 is 0. The zero-order chi connectivity index (χ0) is 10.5. The predicted molar refractivity (Wildman–Crippen MR) is 63.0 cm³/mol. The summed E-state index contributed by atoms with van der Waals surface area (Å²) in [7, 11) is 2.11. The Hall–Kier alpha value is -0.820. The van der Waals surface area contributed by atoms with Crippen LogP contribution in [0, 0.1) is 12.8 Å². The van der Waals surface area contributed by atoms with Crippen molar-refractivity contribution in [1.29, 1.82) is 0 Å². The molecule has 0 aromatic heterocycles. The third-order valence-corrected chi connectivity index (χ3v) is 4.52. The smallest absolute Gasteiger partial charge is 0.0164 e. The van der Waals surface area contributed by atoms with Crippen molar-refractivity contribution in [1.82, 2.24) is 5.32 Å². The van der Waals surface area contributed by atoms with Crippen LogP contribution in [0.4, 0.5) is 0 Å². The molecule has 1 nitrogen and oxygen atoms in total. The highest BCUT2D eigenvalue weighted by Crippen LogP contribution is 2.64. The number of fused-ring (bicyclic) bond motifs is 1. The van der Waals surface area contributed by atoms with Crippen molar-refractivity contribution >= 4 is 0 Å². The highest BCUT2D eigenvalue weighted by Gasteiger charge is 2.62. The summed E-state index contributed by atoms with van der Waals surface area (Å²) in [5.41, 5.74) is 3.43. The van der Waals surface area contributed by atoms with Gasteiger partial charge in [0.15, 0.2) is 0 Å². The lowest BCUT2D eigenvalue weighted by Gasteiger charge is -2.23. The minimum atomic E-state index is 0.502. The highest BCUT2D eigenvalue weighted by molar-refractivity contribution is 5.40. The Morgan fingerprint density at radius 3 is 2.53 bits per heavy atom. The molecular weight excluding hydrogens is 182 g/mol. The topological polar surface area (TPSA) is 12.0 Å². The van der Waals surface area contributed by atoms with Crippen molar-refractivity contribution in [2.45, 2.75) is 37.6 Å². The molecule has 2 saturated carbocycles. The van der Waals surface area contributed by atoms with Crippen LogP contribution in [0.15, 0.2) is 24.3 Å². The summed E-state index contributed by atoms with van der Waals surface area (Å²) >= 11 is 0. The van der Waals surface area contributed by atoms with E-state index in [0.717, 1.165) is 5.92 Å². The lowest BCUT2D eigenvalue weighted by atomic mass is 9.88. The number of nitrogens with one attached hydrogen (secondary N) is 1. The Morgan fingerprint density at radius 1 is 1.20 bits per heavy atom. The summed E-state index contributed by atoms with van der Waals surface area (Å²) in [6, 6.07) is 9.90. The van der Waals surface area contributed by atoms with Crippen molar-refractivity contribution in [3.63, 3.8) is 0 Å². The maximum absolute atomic E-state index is 3.51. The average molecular weight is 201 g/mol. The van der Waals surface area contributed by atoms with Gasteiger partial charge in [-0.05, 0) is 44.7 Å². The van der Waals surface area contributed by atoms with Gasteiger partial charge in [-0.1, -0.05) is 29.8 Å². The van der Waals surface area contributed by atoms with Crippen LogP contribution in [-0.4, -0.2) is 13.1 Å². The Bertz CT molecular complexity index is 367. The summed E-state index contributed by atoms with van der Waals surface area (Å²) in [4.78, 5) is 0. The summed E-state index contributed by atoms with van der Waals surface area (Å²) in [6.07, 6.45) is 4.18. The molecule has 1 aromatic rings. The summed E-state index contributed by atoms with van der Waals surface area (Å²) in [5.74, 6) is 0.956. The van der Waals surface area contributed by atoms with E-state index in [4.69, 9.17) is 0 Å². The molecule has 0 aliphatic heterocycles. The van der Waals surface area contributed by atoms with Gasteiger partial charge in [0.1, 0.15) is 0 Å². The van der Waals surface area contributed by atoms with Gasteiger partial charge in [-0.2, -0.15) is 0 Å². The van der Waals surface area contributed by atoms with Gasteiger partial charge in [0, 0.05) is 11.5 Å². The second-order valence-electron chi connectivity index (χ2n) is 5.23. The second-order valence-corrected chi connectivity index (χ2v) is 5.23. The van der Waals surface area contributed by atoms with Gasteiger partial charge in [-0.25, -0.2) is 0 Å².